The largest absolute Gasteiger partial charge is 0.373 e. The highest BCUT2D eigenvalue weighted by Gasteiger charge is 2.30. The minimum atomic E-state index is 0.711. The maximum atomic E-state index is 4.50. The van der Waals surface area contributed by atoms with Gasteiger partial charge in [0, 0.05) is 31.7 Å². The molecule has 2 fully saturated rings. The number of rotatable bonds is 3. The quantitative estimate of drug-likeness (QED) is 0.912. The molecule has 3 heterocycles. The number of nitrogens with one attached hydrogen (secondary N) is 1. The lowest BCUT2D eigenvalue weighted by Crippen LogP contribution is -2.41. The van der Waals surface area contributed by atoms with Gasteiger partial charge in [-0.25, -0.2) is 9.97 Å². The van der Waals surface area contributed by atoms with Gasteiger partial charge in [-0.3, -0.25) is 4.90 Å². The number of hydrogen-bond acceptors (Lipinski definition) is 5. The summed E-state index contributed by atoms with van der Waals surface area (Å²) < 4.78 is 0. The number of likely N-dealkylation sites (tertiary alicyclic amines) is 1. The predicted molar refractivity (Wildman–Crippen MR) is 82.4 cm³/mol. The lowest BCUT2D eigenvalue weighted by Gasteiger charge is -2.32. The smallest absolute Gasteiger partial charge is 0.137 e. The van der Waals surface area contributed by atoms with E-state index in [2.05, 4.69) is 32.0 Å². The molecule has 5 heteroatoms. The maximum Gasteiger partial charge on any atom is 0.137 e. The summed E-state index contributed by atoms with van der Waals surface area (Å²) in [6.07, 6.45) is 7.07. The van der Waals surface area contributed by atoms with Gasteiger partial charge in [-0.05, 0) is 39.3 Å². The number of anilines is 2. The first-order chi connectivity index (χ1) is 9.79. The van der Waals surface area contributed by atoms with E-state index in [-0.39, 0.29) is 0 Å². The van der Waals surface area contributed by atoms with Crippen molar-refractivity contribution >= 4 is 11.6 Å². The van der Waals surface area contributed by atoms with Crippen molar-refractivity contribution < 1.29 is 0 Å². The highest BCUT2D eigenvalue weighted by molar-refractivity contribution is 5.58. The first-order valence-electron chi connectivity index (χ1n) is 7.78. The Bertz CT molecular complexity index is 456. The van der Waals surface area contributed by atoms with E-state index in [1.165, 1.54) is 38.8 Å². The Kier molecular flexibility index (Phi) is 4.05. The third-order valence-electron chi connectivity index (χ3n) is 4.66. The minimum absolute atomic E-state index is 0.711. The fourth-order valence-electron chi connectivity index (χ4n) is 3.53. The molecule has 0 aliphatic carbocycles. The SMILES string of the molecule is CNc1ncnc(N2CCC(N3CCCCC3)C2)c1C. The van der Waals surface area contributed by atoms with E-state index in [4.69, 9.17) is 0 Å². The van der Waals surface area contributed by atoms with Crippen molar-refractivity contribution in [2.45, 2.75) is 38.6 Å². The molecular weight excluding hydrogens is 250 g/mol. The van der Waals surface area contributed by atoms with Gasteiger partial charge >= 0.3 is 0 Å². The topological polar surface area (TPSA) is 44.3 Å². The van der Waals surface area contributed by atoms with Crippen LogP contribution in [0.25, 0.3) is 0 Å². The van der Waals surface area contributed by atoms with Crippen LogP contribution in [0.5, 0.6) is 0 Å². The molecule has 0 radical (unpaired) electrons. The molecule has 1 aromatic rings. The lowest BCUT2D eigenvalue weighted by atomic mass is 10.1. The fraction of sp³-hybridized carbons (Fsp3) is 0.733. The van der Waals surface area contributed by atoms with E-state index in [1.807, 2.05) is 7.05 Å². The van der Waals surface area contributed by atoms with Crippen LogP contribution in [0.2, 0.25) is 0 Å². The molecule has 0 aromatic carbocycles. The van der Waals surface area contributed by atoms with Gasteiger partial charge < -0.3 is 10.2 Å². The molecule has 0 bridgehead atoms. The molecule has 2 aliphatic heterocycles. The van der Waals surface area contributed by atoms with Gasteiger partial charge in [-0.1, -0.05) is 6.42 Å². The summed E-state index contributed by atoms with van der Waals surface area (Å²) in [4.78, 5) is 13.9. The van der Waals surface area contributed by atoms with Gasteiger partial charge in [0.2, 0.25) is 0 Å². The van der Waals surface area contributed by atoms with Crippen LogP contribution in [0.15, 0.2) is 6.33 Å². The summed E-state index contributed by atoms with van der Waals surface area (Å²) in [7, 11) is 1.92. The number of aromatic nitrogens is 2. The molecule has 20 heavy (non-hydrogen) atoms. The second-order valence-electron chi connectivity index (χ2n) is 5.91. The molecule has 1 N–H and O–H groups in total. The van der Waals surface area contributed by atoms with Crippen molar-refractivity contribution in [3.05, 3.63) is 11.9 Å². The molecule has 1 aromatic heterocycles. The zero-order valence-corrected chi connectivity index (χ0v) is 12.6. The van der Waals surface area contributed by atoms with Crippen molar-refractivity contribution in [3.63, 3.8) is 0 Å². The van der Waals surface area contributed by atoms with E-state index in [9.17, 15) is 0 Å². The average molecular weight is 275 g/mol. The molecule has 0 spiro atoms. The molecule has 110 valence electrons. The van der Waals surface area contributed by atoms with Gasteiger partial charge in [0.25, 0.3) is 0 Å². The Morgan fingerprint density at radius 3 is 2.70 bits per heavy atom. The third-order valence-corrected chi connectivity index (χ3v) is 4.66. The molecule has 0 amide bonds. The normalized spacial score (nSPS) is 24.1. The zero-order valence-electron chi connectivity index (χ0n) is 12.6. The second kappa shape index (κ2) is 5.95. The molecule has 1 unspecified atom stereocenters. The van der Waals surface area contributed by atoms with Gasteiger partial charge in [0.15, 0.2) is 0 Å². The average Bonchev–Trinajstić information content (AvgIpc) is 2.98. The van der Waals surface area contributed by atoms with Crippen molar-refractivity contribution in [3.8, 4) is 0 Å². The van der Waals surface area contributed by atoms with E-state index < -0.39 is 0 Å². The van der Waals surface area contributed by atoms with Crippen molar-refractivity contribution in [2.75, 3.05) is 43.4 Å². The van der Waals surface area contributed by atoms with Gasteiger partial charge in [0.1, 0.15) is 18.0 Å². The van der Waals surface area contributed by atoms with Crippen LogP contribution in [0.3, 0.4) is 0 Å². The monoisotopic (exact) mass is 275 g/mol. The summed E-state index contributed by atoms with van der Waals surface area (Å²) in [5.41, 5.74) is 1.16. The van der Waals surface area contributed by atoms with Crippen LogP contribution < -0.4 is 10.2 Å². The van der Waals surface area contributed by atoms with E-state index in [0.717, 1.165) is 30.3 Å². The number of piperidine rings is 1. The second-order valence-corrected chi connectivity index (χ2v) is 5.91. The van der Waals surface area contributed by atoms with E-state index >= 15 is 0 Å². The van der Waals surface area contributed by atoms with Crippen LogP contribution in [0.1, 0.15) is 31.2 Å². The van der Waals surface area contributed by atoms with Crippen LogP contribution >= 0.6 is 0 Å². The number of hydrogen-bond donors (Lipinski definition) is 1. The zero-order chi connectivity index (χ0) is 13.9. The first-order valence-corrected chi connectivity index (χ1v) is 7.78. The van der Waals surface area contributed by atoms with Crippen molar-refractivity contribution in [1.82, 2.24) is 14.9 Å². The number of nitrogens with zero attached hydrogens (tertiary/aromatic N) is 4. The molecule has 2 saturated heterocycles. The van der Waals surface area contributed by atoms with Gasteiger partial charge in [0.05, 0.1) is 0 Å². The Balaban J connectivity index is 1.70. The summed E-state index contributed by atoms with van der Waals surface area (Å²) >= 11 is 0. The van der Waals surface area contributed by atoms with E-state index in [0.29, 0.717) is 6.04 Å². The molecule has 1 atom stereocenters. The molecule has 3 rings (SSSR count). The van der Waals surface area contributed by atoms with E-state index in [1.54, 1.807) is 6.33 Å². The van der Waals surface area contributed by atoms with Crippen LogP contribution in [0, 0.1) is 6.92 Å². The summed E-state index contributed by atoms with van der Waals surface area (Å²) in [6.45, 7) is 6.89. The maximum absolute atomic E-state index is 4.50. The first kappa shape index (κ1) is 13.6. The van der Waals surface area contributed by atoms with Crippen molar-refractivity contribution in [2.24, 2.45) is 0 Å². The van der Waals surface area contributed by atoms with Crippen LogP contribution in [0.4, 0.5) is 11.6 Å². The Hall–Kier alpha value is -1.36. The minimum Gasteiger partial charge on any atom is -0.373 e. The predicted octanol–water partition coefficient (Wildman–Crippen LogP) is 1.89. The Labute approximate surface area is 121 Å². The van der Waals surface area contributed by atoms with Crippen LogP contribution in [-0.4, -0.2) is 54.1 Å². The highest BCUT2D eigenvalue weighted by Crippen LogP contribution is 2.27. The lowest BCUT2D eigenvalue weighted by molar-refractivity contribution is 0.175. The summed E-state index contributed by atoms with van der Waals surface area (Å²) in [5, 5.41) is 3.15. The summed E-state index contributed by atoms with van der Waals surface area (Å²) in [6, 6.07) is 0.711. The van der Waals surface area contributed by atoms with Crippen LogP contribution in [-0.2, 0) is 0 Å². The third kappa shape index (κ3) is 2.59. The summed E-state index contributed by atoms with van der Waals surface area (Å²) in [5.74, 6) is 2.04. The Morgan fingerprint density at radius 1 is 1.15 bits per heavy atom. The standard InChI is InChI=1S/C15H25N5/c1-12-14(16-2)17-11-18-15(12)20-9-6-13(10-20)19-7-4-3-5-8-19/h11,13H,3-10H2,1-2H3,(H,16,17,18). The van der Waals surface area contributed by atoms with Crippen molar-refractivity contribution in [1.29, 1.82) is 0 Å². The fourth-order valence-corrected chi connectivity index (χ4v) is 3.53. The molecule has 2 aliphatic rings. The van der Waals surface area contributed by atoms with Gasteiger partial charge in [-0.2, -0.15) is 0 Å². The molecular formula is C15H25N5. The van der Waals surface area contributed by atoms with Gasteiger partial charge in [-0.15, -0.1) is 0 Å². The highest BCUT2D eigenvalue weighted by atomic mass is 15.3. The Morgan fingerprint density at radius 2 is 1.95 bits per heavy atom. The molecule has 0 saturated carbocycles. The molecule has 5 nitrogen and oxygen atoms in total.